The molecule has 45 heavy (non-hydrogen) atoms. The van der Waals surface area contributed by atoms with Crippen LogP contribution in [0.1, 0.15) is 4.88 Å². The molecule has 0 saturated carbocycles. The number of halogens is 8. The van der Waals surface area contributed by atoms with Gasteiger partial charge < -0.3 is 26.2 Å². The minimum atomic E-state index is -5.08. The van der Waals surface area contributed by atoms with Crippen molar-refractivity contribution >= 4 is 29.0 Å². The van der Waals surface area contributed by atoms with E-state index in [0.29, 0.717) is 6.54 Å². The number of nitrogens with zero attached hydrogens (tertiary/aromatic N) is 4. The van der Waals surface area contributed by atoms with Gasteiger partial charge in [-0.3, -0.25) is 4.57 Å². The summed E-state index contributed by atoms with van der Waals surface area (Å²) in [7, 11) is 0. The lowest BCUT2D eigenvalue weighted by atomic mass is 10.1. The van der Waals surface area contributed by atoms with Crippen molar-refractivity contribution in [2.75, 3.05) is 37.6 Å². The summed E-state index contributed by atoms with van der Waals surface area (Å²) in [5.74, 6) is -5.51. The summed E-state index contributed by atoms with van der Waals surface area (Å²) in [4.78, 5) is 33.6. The first-order valence-electron chi connectivity index (χ1n) is 12.5. The topological polar surface area (TPSA) is 156 Å². The Kier molecular flexibility index (Phi) is 13.2. The highest BCUT2D eigenvalue weighted by molar-refractivity contribution is 7.10. The first-order chi connectivity index (χ1) is 20.9. The SMILES string of the molecule is NCC(Cn1ncn(Cc2cc(-c3ccc(N4CCNCC4)cc3)cs2)c1=O)=C(F)F.O=C(O)C(F)(F)F.O=C(O)C(F)(F)F. The summed E-state index contributed by atoms with van der Waals surface area (Å²) in [6.07, 6.45) is -10.7. The van der Waals surface area contributed by atoms with E-state index in [9.17, 15) is 39.9 Å². The zero-order valence-electron chi connectivity index (χ0n) is 22.9. The average Bonchev–Trinajstić information content (AvgIpc) is 3.58. The Hall–Kier alpha value is -4.30. The molecule has 5 N–H and O–H groups in total. The number of anilines is 1. The van der Waals surface area contributed by atoms with Gasteiger partial charge in [-0.05, 0) is 34.7 Å². The van der Waals surface area contributed by atoms with Crippen molar-refractivity contribution in [1.29, 1.82) is 0 Å². The van der Waals surface area contributed by atoms with E-state index in [-0.39, 0.29) is 18.7 Å². The number of aromatic nitrogens is 3. The Morgan fingerprint density at radius 2 is 1.49 bits per heavy atom. The quantitative estimate of drug-likeness (QED) is 0.275. The molecule has 3 heterocycles. The standard InChI is InChI=1S/C21H24F2N6OS.2C2HF3O2/c22-20(23)17(10-24)11-29-21(30)28(14-26-29)12-19-9-16(13-31-19)15-1-3-18(4-2-15)27-7-5-25-6-8-27;2*3-2(4,5)1(6)7/h1-4,9,13-14,25H,5-8,10-12,24H2;2*(H,6,7). The fourth-order valence-electron chi connectivity index (χ4n) is 3.54. The van der Waals surface area contributed by atoms with E-state index >= 15 is 0 Å². The van der Waals surface area contributed by atoms with Gasteiger partial charge in [0.1, 0.15) is 6.33 Å². The molecule has 2 aromatic heterocycles. The van der Waals surface area contributed by atoms with Crippen LogP contribution in [-0.4, -0.2) is 81.6 Å². The van der Waals surface area contributed by atoms with Crippen molar-refractivity contribution in [3.8, 4) is 11.1 Å². The molecule has 1 aliphatic heterocycles. The summed E-state index contributed by atoms with van der Waals surface area (Å²) < 4.78 is 91.5. The molecular formula is C25H26F8N6O5S. The summed E-state index contributed by atoms with van der Waals surface area (Å²) in [5, 5.41) is 23.6. The molecule has 1 saturated heterocycles. The van der Waals surface area contributed by atoms with Crippen LogP contribution in [-0.2, 0) is 22.7 Å². The van der Waals surface area contributed by atoms with Crippen LogP contribution in [0.5, 0.6) is 0 Å². The summed E-state index contributed by atoms with van der Waals surface area (Å²) in [5.41, 5.74) is 7.99. The number of aliphatic carboxylic acids is 2. The molecule has 20 heteroatoms. The number of hydrogen-bond donors (Lipinski definition) is 4. The molecular weight excluding hydrogens is 648 g/mol. The van der Waals surface area contributed by atoms with Gasteiger partial charge in [0.25, 0.3) is 6.08 Å². The third-order valence-corrected chi connectivity index (χ3v) is 6.72. The number of thiophene rings is 1. The van der Waals surface area contributed by atoms with Gasteiger partial charge in [-0.15, -0.1) is 11.3 Å². The van der Waals surface area contributed by atoms with Gasteiger partial charge in [0.15, 0.2) is 0 Å². The number of carbonyl (C=O) groups is 2. The highest BCUT2D eigenvalue weighted by Gasteiger charge is 2.38. The molecule has 0 aliphatic carbocycles. The van der Waals surface area contributed by atoms with Gasteiger partial charge in [0.05, 0.1) is 13.1 Å². The minimum Gasteiger partial charge on any atom is -0.475 e. The minimum absolute atomic E-state index is 0.296. The van der Waals surface area contributed by atoms with Crippen molar-refractivity contribution < 1.29 is 54.9 Å². The van der Waals surface area contributed by atoms with Crippen LogP contribution < -0.4 is 21.6 Å². The zero-order valence-corrected chi connectivity index (χ0v) is 23.7. The third-order valence-electron chi connectivity index (χ3n) is 5.80. The predicted octanol–water partition coefficient (Wildman–Crippen LogP) is 3.61. The van der Waals surface area contributed by atoms with E-state index in [2.05, 4.69) is 45.0 Å². The molecule has 0 bridgehead atoms. The number of hydrogen-bond acceptors (Lipinski definition) is 8. The molecule has 1 aliphatic rings. The van der Waals surface area contributed by atoms with Gasteiger partial charge >= 0.3 is 30.0 Å². The van der Waals surface area contributed by atoms with Gasteiger partial charge in [0.2, 0.25) is 0 Å². The van der Waals surface area contributed by atoms with Crippen molar-refractivity contribution in [3.63, 3.8) is 0 Å². The molecule has 0 spiro atoms. The molecule has 248 valence electrons. The Bertz CT molecular complexity index is 1480. The molecule has 11 nitrogen and oxygen atoms in total. The largest absolute Gasteiger partial charge is 0.490 e. The van der Waals surface area contributed by atoms with Crippen LogP contribution in [0, 0.1) is 0 Å². The van der Waals surface area contributed by atoms with Crippen molar-refractivity contribution in [2.24, 2.45) is 5.73 Å². The summed E-state index contributed by atoms with van der Waals surface area (Å²) >= 11 is 1.55. The van der Waals surface area contributed by atoms with E-state index in [4.69, 9.17) is 25.5 Å². The maximum absolute atomic E-state index is 12.8. The van der Waals surface area contributed by atoms with Crippen LogP contribution in [0.3, 0.4) is 0 Å². The van der Waals surface area contributed by atoms with Crippen LogP contribution in [0.4, 0.5) is 40.8 Å². The van der Waals surface area contributed by atoms with E-state index in [1.165, 1.54) is 16.6 Å². The van der Waals surface area contributed by atoms with Crippen LogP contribution in [0.25, 0.3) is 11.1 Å². The molecule has 4 rings (SSSR count). The summed E-state index contributed by atoms with van der Waals surface area (Å²) in [6, 6.07) is 10.5. The van der Waals surface area contributed by atoms with E-state index < -0.39 is 36.1 Å². The van der Waals surface area contributed by atoms with Crippen LogP contribution >= 0.6 is 11.3 Å². The average molecular weight is 675 g/mol. The predicted molar refractivity (Wildman–Crippen MR) is 146 cm³/mol. The second-order valence-electron chi connectivity index (χ2n) is 8.96. The fourth-order valence-corrected chi connectivity index (χ4v) is 4.43. The number of rotatable bonds is 7. The fraction of sp³-hybridized carbons (Fsp3) is 0.360. The number of benzene rings is 1. The molecule has 0 amide bonds. The Labute approximate surface area is 252 Å². The molecule has 0 radical (unpaired) electrons. The number of alkyl halides is 6. The molecule has 1 aromatic carbocycles. The van der Waals surface area contributed by atoms with Gasteiger partial charge in [0, 0.05) is 48.9 Å². The van der Waals surface area contributed by atoms with Crippen LogP contribution in [0.2, 0.25) is 0 Å². The Morgan fingerprint density at radius 1 is 0.956 bits per heavy atom. The first-order valence-corrected chi connectivity index (χ1v) is 13.4. The lowest BCUT2D eigenvalue weighted by molar-refractivity contribution is -0.193. The number of piperazine rings is 1. The smallest absolute Gasteiger partial charge is 0.475 e. The third kappa shape index (κ3) is 11.6. The maximum Gasteiger partial charge on any atom is 0.490 e. The number of nitrogens with one attached hydrogen (secondary N) is 1. The second-order valence-corrected chi connectivity index (χ2v) is 9.95. The first kappa shape index (κ1) is 36.9. The van der Waals surface area contributed by atoms with Crippen molar-refractivity contribution in [3.05, 3.63) is 69.1 Å². The molecule has 3 aromatic rings. The number of carboxylic acids is 2. The monoisotopic (exact) mass is 674 g/mol. The Morgan fingerprint density at radius 3 is 1.96 bits per heavy atom. The van der Waals surface area contributed by atoms with E-state index in [0.717, 1.165) is 46.9 Å². The number of nitrogens with two attached hydrogens (primary N) is 1. The lowest BCUT2D eigenvalue weighted by Gasteiger charge is -2.29. The zero-order chi connectivity index (χ0) is 33.9. The summed E-state index contributed by atoms with van der Waals surface area (Å²) in [6.45, 7) is 3.72. The van der Waals surface area contributed by atoms with Gasteiger partial charge in [-0.2, -0.15) is 40.2 Å². The molecule has 0 unspecified atom stereocenters. The molecule has 1 fully saturated rings. The van der Waals surface area contributed by atoms with Gasteiger partial charge in [-0.25, -0.2) is 19.1 Å². The molecule has 0 atom stereocenters. The lowest BCUT2D eigenvalue weighted by Crippen LogP contribution is -2.43. The van der Waals surface area contributed by atoms with Crippen LogP contribution in [0.15, 0.2) is 58.5 Å². The van der Waals surface area contributed by atoms with Crippen molar-refractivity contribution in [2.45, 2.75) is 25.4 Å². The van der Waals surface area contributed by atoms with E-state index in [1.807, 2.05) is 6.07 Å². The van der Waals surface area contributed by atoms with Crippen molar-refractivity contribution in [1.82, 2.24) is 19.7 Å². The second kappa shape index (κ2) is 16.1. The normalized spacial score (nSPS) is 13.2. The van der Waals surface area contributed by atoms with Gasteiger partial charge in [-0.1, -0.05) is 12.1 Å². The Balaban J connectivity index is 0.000000421. The highest BCUT2D eigenvalue weighted by atomic mass is 32.1. The van der Waals surface area contributed by atoms with E-state index in [1.54, 1.807) is 11.3 Å². The maximum atomic E-state index is 12.8. The number of carboxylic acid groups (broad SMARTS) is 2. The highest BCUT2D eigenvalue weighted by Crippen LogP contribution is 2.28.